The number of fused-ring (bicyclic) bond motifs is 1. The molecule has 0 aliphatic carbocycles. The highest BCUT2D eigenvalue weighted by Gasteiger charge is 2.14. The minimum atomic E-state index is -0.595. The predicted molar refractivity (Wildman–Crippen MR) is 87.8 cm³/mol. The van der Waals surface area contributed by atoms with E-state index in [-0.39, 0.29) is 11.5 Å². The fourth-order valence-electron chi connectivity index (χ4n) is 2.35. The van der Waals surface area contributed by atoms with E-state index in [0.29, 0.717) is 17.1 Å². The van der Waals surface area contributed by atoms with Crippen LogP contribution >= 0.6 is 0 Å². The minimum absolute atomic E-state index is 0.263. The highest BCUT2D eigenvalue weighted by Crippen LogP contribution is 2.22. The number of amides is 2. The van der Waals surface area contributed by atoms with Gasteiger partial charge in [-0.1, -0.05) is 12.1 Å². The molecule has 0 radical (unpaired) electrons. The number of methoxy groups -OCH3 is 1. The Morgan fingerprint density at radius 3 is 2.65 bits per heavy atom. The van der Waals surface area contributed by atoms with Crippen molar-refractivity contribution in [1.82, 2.24) is 4.98 Å². The molecule has 0 saturated heterocycles. The SMILES string of the molecule is COc1ccc2cc(C(=O)Nc3ccccc3C(N)=O)[nH]c2c1. The van der Waals surface area contributed by atoms with Gasteiger partial charge in [0.1, 0.15) is 11.4 Å². The molecule has 1 heterocycles. The summed E-state index contributed by atoms with van der Waals surface area (Å²) in [4.78, 5) is 26.8. The van der Waals surface area contributed by atoms with Gasteiger partial charge in [-0.2, -0.15) is 0 Å². The molecule has 6 nitrogen and oxygen atoms in total. The van der Waals surface area contributed by atoms with Crippen molar-refractivity contribution < 1.29 is 14.3 Å². The number of aromatic nitrogens is 1. The lowest BCUT2D eigenvalue weighted by Gasteiger charge is -2.07. The molecule has 0 aliphatic heterocycles. The van der Waals surface area contributed by atoms with Gasteiger partial charge in [-0.05, 0) is 30.3 Å². The maximum absolute atomic E-state index is 12.4. The molecule has 0 saturated carbocycles. The number of anilines is 1. The monoisotopic (exact) mass is 309 g/mol. The number of rotatable bonds is 4. The van der Waals surface area contributed by atoms with Crippen molar-refractivity contribution in [2.45, 2.75) is 0 Å². The van der Waals surface area contributed by atoms with Gasteiger partial charge in [0.05, 0.1) is 18.4 Å². The van der Waals surface area contributed by atoms with Crippen molar-refractivity contribution in [3.63, 3.8) is 0 Å². The Kier molecular flexibility index (Phi) is 3.72. The number of hydrogen-bond donors (Lipinski definition) is 3. The zero-order chi connectivity index (χ0) is 16.4. The van der Waals surface area contributed by atoms with Crippen LogP contribution in [-0.2, 0) is 0 Å². The van der Waals surface area contributed by atoms with Crippen molar-refractivity contribution in [2.24, 2.45) is 5.73 Å². The summed E-state index contributed by atoms with van der Waals surface area (Å²) in [6.45, 7) is 0. The Morgan fingerprint density at radius 1 is 1.13 bits per heavy atom. The quantitative estimate of drug-likeness (QED) is 0.690. The maximum atomic E-state index is 12.4. The Labute approximate surface area is 132 Å². The Balaban J connectivity index is 1.90. The zero-order valence-corrected chi connectivity index (χ0v) is 12.4. The van der Waals surface area contributed by atoms with Gasteiger partial charge in [-0.25, -0.2) is 0 Å². The first-order chi connectivity index (χ1) is 11.1. The molecule has 23 heavy (non-hydrogen) atoms. The molecular formula is C17H15N3O3. The lowest BCUT2D eigenvalue weighted by Crippen LogP contribution is -2.18. The second-order valence-corrected chi connectivity index (χ2v) is 5.00. The molecule has 116 valence electrons. The van der Waals surface area contributed by atoms with E-state index in [2.05, 4.69) is 10.3 Å². The number of aromatic amines is 1. The Hall–Kier alpha value is -3.28. The molecule has 0 bridgehead atoms. The number of hydrogen-bond acceptors (Lipinski definition) is 3. The molecule has 6 heteroatoms. The average Bonchev–Trinajstić information content (AvgIpc) is 2.98. The summed E-state index contributed by atoms with van der Waals surface area (Å²) in [5, 5.41) is 3.58. The van der Waals surface area contributed by atoms with Crippen LogP contribution in [0.1, 0.15) is 20.8 Å². The number of carbonyl (C=O) groups excluding carboxylic acids is 2. The summed E-state index contributed by atoms with van der Waals surface area (Å²) >= 11 is 0. The number of primary amides is 1. The third-order valence-corrected chi connectivity index (χ3v) is 3.51. The molecule has 3 rings (SSSR count). The van der Waals surface area contributed by atoms with E-state index in [0.717, 1.165) is 10.9 Å². The molecular weight excluding hydrogens is 294 g/mol. The van der Waals surface area contributed by atoms with Crippen LogP contribution in [0.4, 0.5) is 5.69 Å². The van der Waals surface area contributed by atoms with Gasteiger partial charge < -0.3 is 20.8 Å². The van der Waals surface area contributed by atoms with Crippen LogP contribution in [-0.4, -0.2) is 23.9 Å². The number of H-pyrrole nitrogens is 1. The predicted octanol–water partition coefficient (Wildman–Crippen LogP) is 2.53. The number of nitrogens with two attached hydrogens (primary N) is 1. The molecule has 3 aromatic rings. The summed E-state index contributed by atoms with van der Waals surface area (Å²) in [5.41, 5.74) is 7.12. The van der Waals surface area contributed by atoms with E-state index in [1.54, 1.807) is 37.4 Å². The first-order valence-electron chi connectivity index (χ1n) is 6.95. The van der Waals surface area contributed by atoms with Crippen molar-refractivity contribution in [2.75, 3.05) is 12.4 Å². The van der Waals surface area contributed by atoms with Gasteiger partial charge in [0.25, 0.3) is 11.8 Å². The van der Waals surface area contributed by atoms with Crippen molar-refractivity contribution in [1.29, 1.82) is 0 Å². The first kappa shape index (κ1) is 14.6. The van der Waals surface area contributed by atoms with Crippen LogP contribution in [0.3, 0.4) is 0 Å². The lowest BCUT2D eigenvalue weighted by molar-refractivity contribution is 0.100. The largest absolute Gasteiger partial charge is 0.497 e. The van der Waals surface area contributed by atoms with Crippen molar-refractivity contribution in [3.05, 3.63) is 59.8 Å². The van der Waals surface area contributed by atoms with E-state index >= 15 is 0 Å². The van der Waals surface area contributed by atoms with Crippen LogP contribution < -0.4 is 15.8 Å². The third-order valence-electron chi connectivity index (χ3n) is 3.51. The van der Waals surface area contributed by atoms with Crippen molar-refractivity contribution in [3.8, 4) is 5.75 Å². The second kappa shape index (κ2) is 5.84. The lowest BCUT2D eigenvalue weighted by atomic mass is 10.1. The van der Waals surface area contributed by atoms with E-state index in [1.165, 1.54) is 0 Å². The standard InChI is InChI=1S/C17H15N3O3/c1-23-11-7-6-10-8-15(19-14(10)9-11)17(22)20-13-5-3-2-4-12(13)16(18)21/h2-9,19H,1H3,(H2,18,21)(H,20,22). The molecule has 2 amide bonds. The van der Waals surface area contributed by atoms with Crippen molar-refractivity contribution >= 4 is 28.4 Å². The number of para-hydroxylation sites is 1. The molecule has 2 aromatic carbocycles. The van der Waals surface area contributed by atoms with Crippen LogP contribution in [0.15, 0.2) is 48.5 Å². The smallest absolute Gasteiger partial charge is 0.272 e. The number of ether oxygens (including phenoxy) is 1. The van der Waals surface area contributed by atoms with Gasteiger partial charge >= 0.3 is 0 Å². The maximum Gasteiger partial charge on any atom is 0.272 e. The van der Waals surface area contributed by atoms with Crippen LogP contribution in [0.25, 0.3) is 10.9 Å². The van der Waals surface area contributed by atoms with Gasteiger partial charge in [0.2, 0.25) is 0 Å². The van der Waals surface area contributed by atoms with E-state index in [9.17, 15) is 9.59 Å². The zero-order valence-electron chi connectivity index (χ0n) is 12.4. The second-order valence-electron chi connectivity index (χ2n) is 5.00. The topological polar surface area (TPSA) is 97.2 Å². The third kappa shape index (κ3) is 2.87. The number of nitrogens with one attached hydrogen (secondary N) is 2. The fraction of sp³-hybridized carbons (Fsp3) is 0.0588. The van der Waals surface area contributed by atoms with Gasteiger partial charge in [-0.15, -0.1) is 0 Å². The molecule has 0 spiro atoms. The van der Waals surface area contributed by atoms with E-state index in [4.69, 9.17) is 10.5 Å². The van der Waals surface area contributed by atoms with Crippen LogP contribution in [0, 0.1) is 0 Å². The molecule has 0 unspecified atom stereocenters. The summed E-state index contributed by atoms with van der Waals surface area (Å²) in [6, 6.07) is 13.8. The summed E-state index contributed by atoms with van der Waals surface area (Å²) in [5.74, 6) is -0.249. The normalized spacial score (nSPS) is 10.5. The highest BCUT2D eigenvalue weighted by atomic mass is 16.5. The minimum Gasteiger partial charge on any atom is -0.497 e. The van der Waals surface area contributed by atoms with Crippen LogP contribution in [0.5, 0.6) is 5.75 Å². The molecule has 4 N–H and O–H groups in total. The number of benzene rings is 2. The summed E-state index contributed by atoms with van der Waals surface area (Å²) in [6.07, 6.45) is 0. The molecule has 0 aliphatic rings. The van der Waals surface area contributed by atoms with Crippen LogP contribution in [0.2, 0.25) is 0 Å². The molecule has 1 aromatic heterocycles. The highest BCUT2D eigenvalue weighted by molar-refractivity contribution is 6.09. The fourth-order valence-corrected chi connectivity index (χ4v) is 2.35. The van der Waals surface area contributed by atoms with Gasteiger partial charge in [-0.3, -0.25) is 9.59 Å². The Bertz CT molecular complexity index is 899. The molecule has 0 fully saturated rings. The number of carbonyl (C=O) groups is 2. The summed E-state index contributed by atoms with van der Waals surface area (Å²) in [7, 11) is 1.58. The first-order valence-corrected chi connectivity index (χ1v) is 6.95. The van der Waals surface area contributed by atoms with Gasteiger partial charge in [0.15, 0.2) is 0 Å². The van der Waals surface area contributed by atoms with Gasteiger partial charge in [0, 0.05) is 17.0 Å². The van der Waals surface area contributed by atoms with E-state index < -0.39 is 5.91 Å². The van der Waals surface area contributed by atoms with E-state index in [1.807, 2.05) is 18.2 Å². The Morgan fingerprint density at radius 2 is 1.91 bits per heavy atom. The average molecular weight is 309 g/mol. The molecule has 0 atom stereocenters. The summed E-state index contributed by atoms with van der Waals surface area (Å²) < 4.78 is 5.16.